The third kappa shape index (κ3) is 1.58. The van der Waals surface area contributed by atoms with Crippen LogP contribution < -0.4 is 5.73 Å². The van der Waals surface area contributed by atoms with Crippen molar-refractivity contribution in [2.75, 3.05) is 5.73 Å². The maximum Gasteiger partial charge on any atom is 0.152 e. The minimum absolute atomic E-state index is 0.0280. The molecule has 0 fully saturated rings. The number of nitrogens with two attached hydrogens (primary N) is 1. The van der Waals surface area contributed by atoms with Crippen molar-refractivity contribution in [3.05, 3.63) is 28.8 Å². The Morgan fingerprint density at radius 1 is 1.31 bits per heavy atom. The fourth-order valence-corrected chi connectivity index (χ4v) is 2.60. The third-order valence-electron chi connectivity index (χ3n) is 3.49. The highest BCUT2D eigenvalue weighted by Gasteiger charge is 2.35. The second kappa shape index (κ2) is 3.44. The zero-order valence-corrected chi connectivity index (χ0v) is 9.90. The van der Waals surface area contributed by atoms with Crippen molar-refractivity contribution in [1.29, 1.82) is 0 Å². The third-order valence-corrected chi connectivity index (χ3v) is 3.49. The molecule has 0 radical (unpaired) electrons. The second-order valence-electron chi connectivity index (χ2n) is 5.61. The topological polar surface area (TPSA) is 26.0 Å². The largest absolute Gasteiger partial charge is 0.394 e. The summed E-state index contributed by atoms with van der Waals surface area (Å²) in [5.74, 6) is -0.971. The molecule has 2 rings (SSSR count). The lowest BCUT2D eigenvalue weighted by atomic mass is 9.77. The van der Waals surface area contributed by atoms with Crippen LogP contribution in [0.5, 0.6) is 0 Å². The van der Waals surface area contributed by atoms with Crippen LogP contribution in [0.2, 0.25) is 0 Å². The number of hydrogen-bond acceptors (Lipinski definition) is 1. The van der Waals surface area contributed by atoms with Gasteiger partial charge in [0, 0.05) is 0 Å². The average Bonchev–Trinajstić information content (AvgIpc) is 2.57. The van der Waals surface area contributed by atoms with Crippen LogP contribution in [0.4, 0.5) is 14.5 Å². The van der Waals surface area contributed by atoms with E-state index in [-0.39, 0.29) is 17.0 Å². The first-order chi connectivity index (χ1) is 7.32. The molecule has 1 atom stereocenters. The van der Waals surface area contributed by atoms with Crippen molar-refractivity contribution in [3.8, 4) is 0 Å². The normalized spacial score (nSPS) is 19.9. The van der Waals surface area contributed by atoms with E-state index in [0.717, 1.165) is 12.0 Å². The van der Waals surface area contributed by atoms with Crippen molar-refractivity contribution in [2.24, 2.45) is 5.41 Å². The Bertz CT molecular complexity index is 433. The molecule has 88 valence electrons. The van der Waals surface area contributed by atoms with Gasteiger partial charge in [-0.3, -0.25) is 0 Å². The molecule has 16 heavy (non-hydrogen) atoms. The molecule has 0 bridgehead atoms. The molecular formula is C13H17F2N. The number of halogens is 2. The first-order valence-electron chi connectivity index (χ1n) is 5.58. The van der Waals surface area contributed by atoms with Gasteiger partial charge in [-0.05, 0) is 41.4 Å². The summed E-state index contributed by atoms with van der Waals surface area (Å²) in [5, 5.41) is 0. The molecule has 2 N–H and O–H groups in total. The van der Waals surface area contributed by atoms with Crippen LogP contribution in [0.3, 0.4) is 0 Å². The lowest BCUT2D eigenvalue weighted by molar-refractivity contribution is 0.318. The molecule has 0 amide bonds. The van der Waals surface area contributed by atoms with Crippen molar-refractivity contribution in [2.45, 2.75) is 39.5 Å². The molecule has 0 aliphatic heterocycles. The van der Waals surface area contributed by atoms with Crippen LogP contribution in [-0.2, 0) is 6.42 Å². The predicted octanol–water partition coefficient (Wildman–Crippen LogP) is 3.62. The molecule has 3 heteroatoms. The Labute approximate surface area is 94.7 Å². The van der Waals surface area contributed by atoms with Crippen LogP contribution in [0.1, 0.15) is 44.2 Å². The molecule has 0 saturated heterocycles. The van der Waals surface area contributed by atoms with E-state index in [1.54, 1.807) is 0 Å². The van der Waals surface area contributed by atoms with E-state index in [0.29, 0.717) is 12.0 Å². The molecule has 1 aromatic rings. The Hall–Kier alpha value is -1.12. The van der Waals surface area contributed by atoms with Gasteiger partial charge in [-0.25, -0.2) is 8.78 Å². The van der Waals surface area contributed by atoms with Crippen molar-refractivity contribution >= 4 is 5.69 Å². The molecule has 0 heterocycles. The molecule has 0 saturated carbocycles. The van der Waals surface area contributed by atoms with E-state index < -0.39 is 11.6 Å². The van der Waals surface area contributed by atoms with E-state index >= 15 is 0 Å². The summed E-state index contributed by atoms with van der Waals surface area (Å²) in [6.07, 6.45) is 1.53. The number of benzene rings is 1. The molecule has 1 aromatic carbocycles. The van der Waals surface area contributed by atoms with E-state index in [4.69, 9.17) is 5.73 Å². The van der Waals surface area contributed by atoms with Gasteiger partial charge in [0.15, 0.2) is 5.82 Å². The SMILES string of the molecule is CC(C)(C)C1CCc2c1cc(F)c(N)c2F. The summed E-state index contributed by atoms with van der Waals surface area (Å²) in [7, 11) is 0. The van der Waals surface area contributed by atoms with E-state index in [9.17, 15) is 8.78 Å². The van der Waals surface area contributed by atoms with Crippen LogP contribution in [0.15, 0.2) is 6.07 Å². The van der Waals surface area contributed by atoms with E-state index in [1.165, 1.54) is 6.07 Å². The molecule has 1 unspecified atom stereocenters. The first kappa shape index (κ1) is 11.4. The van der Waals surface area contributed by atoms with Gasteiger partial charge >= 0.3 is 0 Å². The van der Waals surface area contributed by atoms with Crippen LogP contribution in [0, 0.1) is 17.0 Å². The number of fused-ring (bicyclic) bond motifs is 1. The van der Waals surface area contributed by atoms with Gasteiger partial charge < -0.3 is 5.73 Å². The Morgan fingerprint density at radius 3 is 2.50 bits per heavy atom. The summed E-state index contributed by atoms with van der Waals surface area (Å²) in [4.78, 5) is 0. The van der Waals surface area contributed by atoms with Crippen molar-refractivity contribution in [1.82, 2.24) is 0 Å². The van der Waals surface area contributed by atoms with Gasteiger partial charge in [0.25, 0.3) is 0 Å². The standard InChI is InChI=1S/C13H17F2N/c1-13(2,3)9-5-4-7-8(9)6-10(14)12(16)11(7)15/h6,9H,4-5,16H2,1-3H3. The summed E-state index contributed by atoms with van der Waals surface area (Å²) in [6.45, 7) is 6.29. The Balaban J connectivity index is 2.57. The van der Waals surface area contributed by atoms with Gasteiger partial charge in [-0.15, -0.1) is 0 Å². The summed E-state index contributed by atoms with van der Waals surface area (Å²) in [5.41, 5.74) is 6.46. The predicted molar refractivity (Wildman–Crippen MR) is 61.3 cm³/mol. The van der Waals surface area contributed by atoms with E-state index in [2.05, 4.69) is 20.8 Å². The van der Waals surface area contributed by atoms with Crippen LogP contribution in [0.25, 0.3) is 0 Å². The van der Waals surface area contributed by atoms with Crippen molar-refractivity contribution in [3.63, 3.8) is 0 Å². The maximum absolute atomic E-state index is 13.8. The Morgan fingerprint density at radius 2 is 1.94 bits per heavy atom. The highest BCUT2D eigenvalue weighted by Crippen LogP contribution is 2.46. The zero-order valence-electron chi connectivity index (χ0n) is 9.90. The van der Waals surface area contributed by atoms with Gasteiger partial charge in [0.05, 0.1) is 0 Å². The highest BCUT2D eigenvalue weighted by atomic mass is 19.1. The zero-order chi connectivity index (χ0) is 12.1. The molecule has 0 aromatic heterocycles. The van der Waals surface area contributed by atoms with Gasteiger partial charge in [0.1, 0.15) is 11.5 Å². The molecule has 1 aliphatic rings. The smallest absolute Gasteiger partial charge is 0.152 e. The fourth-order valence-electron chi connectivity index (χ4n) is 2.60. The number of hydrogen-bond donors (Lipinski definition) is 1. The van der Waals surface area contributed by atoms with Gasteiger partial charge in [-0.2, -0.15) is 0 Å². The molecule has 1 nitrogen and oxygen atoms in total. The molecular weight excluding hydrogens is 208 g/mol. The molecule has 0 spiro atoms. The quantitative estimate of drug-likeness (QED) is 0.670. The first-order valence-corrected chi connectivity index (χ1v) is 5.58. The summed E-state index contributed by atoms with van der Waals surface area (Å²) in [6, 6.07) is 1.41. The lowest BCUT2D eigenvalue weighted by Crippen LogP contribution is -2.16. The number of rotatable bonds is 0. The van der Waals surface area contributed by atoms with Crippen molar-refractivity contribution < 1.29 is 8.78 Å². The average molecular weight is 225 g/mol. The summed E-state index contributed by atoms with van der Waals surface area (Å²) < 4.78 is 27.2. The van der Waals surface area contributed by atoms with Crippen LogP contribution in [-0.4, -0.2) is 0 Å². The Kier molecular flexibility index (Phi) is 2.44. The minimum Gasteiger partial charge on any atom is -0.394 e. The van der Waals surface area contributed by atoms with Gasteiger partial charge in [0.2, 0.25) is 0 Å². The number of anilines is 1. The fraction of sp³-hybridized carbons (Fsp3) is 0.538. The minimum atomic E-state index is -0.632. The number of nitrogen functional groups attached to an aromatic ring is 1. The maximum atomic E-state index is 13.8. The van der Waals surface area contributed by atoms with Gasteiger partial charge in [-0.1, -0.05) is 20.8 Å². The second-order valence-corrected chi connectivity index (χ2v) is 5.61. The monoisotopic (exact) mass is 225 g/mol. The van der Waals surface area contributed by atoms with Crippen LogP contribution >= 0.6 is 0 Å². The summed E-state index contributed by atoms with van der Waals surface area (Å²) >= 11 is 0. The highest BCUT2D eigenvalue weighted by molar-refractivity contribution is 5.51. The molecule has 1 aliphatic carbocycles. The lowest BCUT2D eigenvalue weighted by Gasteiger charge is -2.27. The van der Waals surface area contributed by atoms with E-state index in [1.807, 2.05) is 0 Å².